The number of rotatable bonds is 12. The molecule has 0 aromatic heterocycles. The van der Waals surface area contributed by atoms with E-state index in [4.69, 9.17) is 14.6 Å². The fraction of sp³-hybridized carbons (Fsp3) is 0.259. The molecule has 3 aromatic carbocycles. The monoisotopic (exact) mass is 508 g/mol. The highest BCUT2D eigenvalue weighted by Crippen LogP contribution is 2.29. The average Bonchev–Trinajstić information content (AvgIpc) is 2.88. The third-order valence-electron chi connectivity index (χ3n) is 5.41. The van der Waals surface area contributed by atoms with Crippen LogP contribution in [0.4, 0.5) is 0 Å². The van der Waals surface area contributed by atoms with Gasteiger partial charge in [0.25, 0.3) is 0 Å². The quantitative estimate of drug-likeness (QED) is 0.385. The number of aliphatic hydroxyl groups is 1. The lowest BCUT2D eigenvalue weighted by molar-refractivity contribution is -0.118. The van der Waals surface area contributed by atoms with Gasteiger partial charge in [-0.3, -0.25) is 4.79 Å². The summed E-state index contributed by atoms with van der Waals surface area (Å²) in [5.41, 5.74) is 3.52. The Morgan fingerprint density at radius 3 is 2.39 bits per heavy atom. The van der Waals surface area contributed by atoms with Gasteiger partial charge in [0, 0.05) is 13.7 Å². The van der Waals surface area contributed by atoms with Crippen molar-refractivity contribution < 1.29 is 27.8 Å². The number of methoxy groups -OCH3 is 1. The molecule has 188 valence electrons. The number of nitriles is 1. The Kier molecular flexibility index (Phi) is 9.59. The van der Waals surface area contributed by atoms with Gasteiger partial charge >= 0.3 is 0 Å². The number of ether oxygens (including phenoxy) is 2. The molecular formula is C27H28N2O6S. The molecule has 36 heavy (non-hydrogen) atoms. The number of amides is 1. The first-order valence-corrected chi connectivity index (χ1v) is 13.1. The normalized spacial score (nSPS) is 11.9. The topological polar surface area (TPSA) is 126 Å². The first-order chi connectivity index (χ1) is 17.3. The molecule has 8 nitrogen and oxygen atoms in total. The number of sulfone groups is 1. The summed E-state index contributed by atoms with van der Waals surface area (Å²) in [6.07, 6.45) is -0.298. The summed E-state index contributed by atoms with van der Waals surface area (Å²) in [5, 5.41) is 20.6. The van der Waals surface area contributed by atoms with E-state index in [1.54, 1.807) is 49.6 Å². The Balaban J connectivity index is 1.71. The predicted molar refractivity (Wildman–Crippen MR) is 136 cm³/mol. The van der Waals surface area contributed by atoms with E-state index in [9.17, 15) is 18.5 Å². The van der Waals surface area contributed by atoms with E-state index in [1.165, 1.54) is 0 Å². The van der Waals surface area contributed by atoms with E-state index >= 15 is 0 Å². The SMILES string of the molecule is CO[C@@H](COc1cc(-c2ccc(CS(=O)(=O)CC(=O)NCCO)cc2)ccc1C#N)c1ccccc1. The molecule has 0 aliphatic carbocycles. The fourth-order valence-electron chi connectivity index (χ4n) is 3.59. The summed E-state index contributed by atoms with van der Waals surface area (Å²) >= 11 is 0. The van der Waals surface area contributed by atoms with Crippen molar-refractivity contribution in [3.05, 3.63) is 89.5 Å². The zero-order valence-electron chi connectivity index (χ0n) is 19.9. The molecule has 0 aliphatic heterocycles. The lowest BCUT2D eigenvalue weighted by Crippen LogP contribution is -2.32. The molecule has 0 saturated carbocycles. The van der Waals surface area contributed by atoms with Gasteiger partial charge in [0.15, 0.2) is 9.84 Å². The Morgan fingerprint density at radius 2 is 1.75 bits per heavy atom. The number of hydrogen-bond donors (Lipinski definition) is 2. The van der Waals surface area contributed by atoms with Crippen molar-refractivity contribution in [3.8, 4) is 22.9 Å². The van der Waals surface area contributed by atoms with Gasteiger partial charge in [-0.2, -0.15) is 5.26 Å². The molecule has 0 bridgehead atoms. The van der Waals surface area contributed by atoms with Gasteiger partial charge in [-0.05, 0) is 34.4 Å². The lowest BCUT2D eigenvalue weighted by atomic mass is 10.0. The molecule has 0 unspecified atom stereocenters. The second kappa shape index (κ2) is 12.8. The number of nitrogens with one attached hydrogen (secondary N) is 1. The summed E-state index contributed by atoms with van der Waals surface area (Å²) in [7, 11) is -2.06. The number of carbonyl (C=O) groups excluding carboxylic acids is 1. The zero-order chi connectivity index (χ0) is 26.0. The van der Waals surface area contributed by atoms with E-state index in [0.29, 0.717) is 16.9 Å². The third kappa shape index (κ3) is 7.65. The maximum Gasteiger partial charge on any atom is 0.235 e. The van der Waals surface area contributed by atoms with Crippen molar-refractivity contribution in [1.82, 2.24) is 5.32 Å². The van der Waals surface area contributed by atoms with Crippen molar-refractivity contribution in [3.63, 3.8) is 0 Å². The van der Waals surface area contributed by atoms with Gasteiger partial charge in [-0.1, -0.05) is 60.7 Å². The molecule has 0 spiro atoms. The second-order valence-corrected chi connectivity index (χ2v) is 10.1. The second-order valence-electron chi connectivity index (χ2n) is 8.07. The predicted octanol–water partition coefficient (Wildman–Crippen LogP) is 3.02. The van der Waals surface area contributed by atoms with Crippen LogP contribution in [-0.4, -0.2) is 52.1 Å². The molecule has 0 heterocycles. The van der Waals surface area contributed by atoms with Gasteiger partial charge in [-0.25, -0.2) is 8.42 Å². The minimum absolute atomic E-state index is 0.0116. The maximum atomic E-state index is 12.3. The van der Waals surface area contributed by atoms with Crippen LogP contribution in [0.3, 0.4) is 0 Å². The highest BCUT2D eigenvalue weighted by atomic mass is 32.2. The average molecular weight is 509 g/mol. The van der Waals surface area contributed by atoms with Crippen LogP contribution in [0.1, 0.15) is 22.8 Å². The van der Waals surface area contributed by atoms with Crippen molar-refractivity contribution in [2.24, 2.45) is 0 Å². The van der Waals surface area contributed by atoms with E-state index in [1.807, 2.05) is 30.3 Å². The molecule has 2 N–H and O–H groups in total. The van der Waals surface area contributed by atoms with Crippen molar-refractivity contribution in [2.75, 3.05) is 32.6 Å². The molecule has 0 saturated heterocycles. The minimum Gasteiger partial charge on any atom is -0.489 e. The highest BCUT2D eigenvalue weighted by Gasteiger charge is 2.18. The van der Waals surface area contributed by atoms with Gasteiger partial charge in [-0.15, -0.1) is 0 Å². The van der Waals surface area contributed by atoms with E-state index < -0.39 is 21.5 Å². The summed E-state index contributed by atoms with van der Waals surface area (Å²) in [5.74, 6) is -1.14. The standard InChI is InChI=1S/C27H28N2O6S/c1-34-26(22-5-3-2-4-6-22)17-35-25-15-23(11-12-24(25)16-28)21-9-7-20(8-10-21)18-36(32,33)19-27(31)29-13-14-30/h2-12,15,26,30H,13-14,17-19H2,1H3,(H,29,31)/t26-/m0/s1. The van der Waals surface area contributed by atoms with Crippen LogP contribution in [0.2, 0.25) is 0 Å². The van der Waals surface area contributed by atoms with Crippen LogP contribution in [0.5, 0.6) is 5.75 Å². The lowest BCUT2D eigenvalue weighted by Gasteiger charge is -2.17. The molecule has 9 heteroatoms. The zero-order valence-corrected chi connectivity index (χ0v) is 20.7. The minimum atomic E-state index is -3.66. The van der Waals surface area contributed by atoms with Gasteiger partial charge in [0.2, 0.25) is 5.91 Å². The Bertz CT molecular complexity index is 1300. The first-order valence-electron chi connectivity index (χ1n) is 11.3. The Hall–Kier alpha value is -3.71. The highest BCUT2D eigenvalue weighted by molar-refractivity contribution is 7.91. The van der Waals surface area contributed by atoms with Crippen LogP contribution >= 0.6 is 0 Å². The summed E-state index contributed by atoms with van der Waals surface area (Å²) in [6, 6.07) is 24.0. The van der Waals surface area contributed by atoms with Gasteiger partial charge in [0.1, 0.15) is 30.3 Å². The Morgan fingerprint density at radius 1 is 1.06 bits per heavy atom. The fourth-order valence-corrected chi connectivity index (χ4v) is 4.90. The molecule has 3 rings (SSSR count). The molecule has 0 aliphatic rings. The van der Waals surface area contributed by atoms with Crippen molar-refractivity contribution in [1.29, 1.82) is 5.26 Å². The number of carbonyl (C=O) groups is 1. The first kappa shape index (κ1) is 26.9. The van der Waals surface area contributed by atoms with E-state index in [2.05, 4.69) is 11.4 Å². The smallest absolute Gasteiger partial charge is 0.235 e. The van der Waals surface area contributed by atoms with Crippen LogP contribution in [0, 0.1) is 11.3 Å². The molecule has 1 amide bonds. The maximum absolute atomic E-state index is 12.3. The Labute approximate surface area is 211 Å². The molecule has 0 fully saturated rings. The number of aliphatic hydroxyl groups excluding tert-OH is 1. The molecular weight excluding hydrogens is 480 g/mol. The number of nitrogens with zero attached hydrogens (tertiary/aromatic N) is 1. The van der Waals surface area contributed by atoms with Crippen molar-refractivity contribution in [2.45, 2.75) is 11.9 Å². The summed E-state index contributed by atoms with van der Waals surface area (Å²) in [6.45, 7) is -0.0195. The molecule has 1 atom stereocenters. The van der Waals surface area contributed by atoms with E-state index in [0.717, 1.165) is 16.7 Å². The third-order valence-corrected chi connectivity index (χ3v) is 6.88. The van der Waals surface area contributed by atoms with Crippen LogP contribution < -0.4 is 10.1 Å². The van der Waals surface area contributed by atoms with Gasteiger partial charge in [0.05, 0.1) is 17.9 Å². The van der Waals surface area contributed by atoms with E-state index in [-0.39, 0.29) is 31.6 Å². The van der Waals surface area contributed by atoms with Crippen LogP contribution in [0.25, 0.3) is 11.1 Å². The number of benzene rings is 3. The number of hydrogen-bond acceptors (Lipinski definition) is 7. The van der Waals surface area contributed by atoms with Gasteiger partial charge < -0.3 is 19.9 Å². The molecule has 3 aromatic rings. The van der Waals surface area contributed by atoms with Crippen molar-refractivity contribution >= 4 is 15.7 Å². The summed E-state index contributed by atoms with van der Waals surface area (Å²) in [4.78, 5) is 11.7. The summed E-state index contributed by atoms with van der Waals surface area (Å²) < 4.78 is 36.2. The van der Waals surface area contributed by atoms with Crippen LogP contribution in [0.15, 0.2) is 72.8 Å². The largest absolute Gasteiger partial charge is 0.489 e. The van der Waals surface area contributed by atoms with Crippen LogP contribution in [-0.2, 0) is 25.1 Å². The molecule has 0 radical (unpaired) electrons.